The Hall–Kier alpha value is -4.36. The Labute approximate surface area is 277 Å². The number of nitrogens with one attached hydrogen (secondary N) is 1. The van der Waals surface area contributed by atoms with Crippen molar-refractivity contribution in [3.05, 3.63) is 63.9 Å². The maximum absolute atomic E-state index is 14.2. The summed E-state index contributed by atoms with van der Waals surface area (Å²) in [6.45, 7) is 3.43. The molecule has 0 heterocycles. The van der Waals surface area contributed by atoms with E-state index in [9.17, 15) is 39.4 Å². The van der Waals surface area contributed by atoms with Crippen molar-refractivity contribution in [1.29, 1.82) is 0 Å². The molecule has 7 N–H and O–H groups in total. The first-order chi connectivity index (χ1) is 22.6. The second kappa shape index (κ2) is 12.9. The first kappa shape index (κ1) is 35.0. The summed E-state index contributed by atoms with van der Waals surface area (Å²) in [5.41, 5.74) is 2.86. The fourth-order valence-corrected chi connectivity index (χ4v) is 8.93. The predicted octanol–water partition coefficient (Wildman–Crippen LogP) is 3.88. The zero-order chi connectivity index (χ0) is 35.3. The fourth-order valence-electron chi connectivity index (χ4n) is 7.00. The van der Waals surface area contributed by atoms with Crippen LogP contribution in [-0.4, -0.2) is 77.9 Å². The van der Waals surface area contributed by atoms with Gasteiger partial charge in [0.15, 0.2) is 17.2 Å². The number of methoxy groups -OCH3 is 1. The molecule has 5 rings (SSSR count). The molecule has 3 aliphatic carbocycles. The largest absolute Gasteiger partial charge is 0.508 e. The molecule has 0 spiro atoms. The van der Waals surface area contributed by atoms with Crippen LogP contribution >= 0.6 is 7.60 Å². The van der Waals surface area contributed by atoms with Crippen LogP contribution in [0.5, 0.6) is 11.5 Å². The lowest BCUT2D eigenvalue weighted by Crippen LogP contribution is -2.58. The van der Waals surface area contributed by atoms with Crippen molar-refractivity contribution in [1.82, 2.24) is 0 Å². The molecule has 2 aromatic rings. The highest BCUT2D eigenvalue weighted by molar-refractivity contribution is 7.54. The van der Waals surface area contributed by atoms with Crippen LogP contribution in [0.4, 0.5) is 11.4 Å². The molecule has 4 unspecified atom stereocenters. The van der Waals surface area contributed by atoms with E-state index in [1.807, 2.05) is 0 Å². The minimum atomic E-state index is -3.96. The number of amides is 1. The second-order valence-electron chi connectivity index (χ2n) is 12.1. The molecule has 258 valence electrons. The third-order valence-electron chi connectivity index (χ3n) is 9.18. The quantitative estimate of drug-likeness (QED) is 0.113. The molecule has 1 amide bonds. The molecule has 0 radical (unpaired) electrons. The minimum Gasteiger partial charge on any atom is -0.508 e. The number of phenols is 1. The average molecular weight is 686 g/mol. The molecular weight excluding hydrogens is 645 g/mol. The summed E-state index contributed by atoms with van der Waals surface area (Å²) in [5, 5.41) is 49.1. The summed E-state index contributed by atoms with van der Waals surface area (Å²) in [6, 6.07) is 8.28. The van der Waals surface area contributed by atoms with Crippen molar-refractivity contribution >= 4 is 42.2 Å². The number of aromatic hydroxyl groups is 1. The molecule has 1 saturated carbocycles. The van der Waals surface area contributed by atoms with Gasteiger partial charge in [-0.2, -0.15) is 0 Å². The number of rotatable bonds is 11. The van der Waals surface area contributed by atoms with E-state index in [-0.39, 0.29) is 42.9 Å². The number of primary amides is 1. The van der Waals surface area contributed by atoms with Crippen LogP contribution in [0.1, 0.15) is 49.2 Å². The molecule has 0 bridgehead atoms. The second-order valence-corrected chi connectivity index (χ2v) is 14.3. The number of fused-ring (bicyclic) bond motifs is 3. The lowest BCUT2D eigenvalue weighted by Gasteiger charge is -2.46. The van der Waals surface area contributed by atoms with Gasteiger partial charge in [0.2, 0.25) is 5.78 Å². The van der Waals surface area contributed by atoms with Gasteiger partial charge >= 0.3 is 7.60 Å². The standard InChI is InChI=1S/C33H40N3O11P/c1-6-46-48(44,47-7-2)32(16-8-10-19(45-5)11-9-16)35-21-15-22(36(3)4)20-13-17-12-18-14-23(37)26(31(34)42)30(41)33(18,43)29(40)24(17)28(39)25(20)27(21)38/h8-11,15,17-18,32,35,38-39,41,43H,6-7,12-14H2,1-5H3,(H2,34,42). The van der Waals surface area contributed by atoms with E-state index >= 15 is 0 Å². The number of carbonyl (C=O) groups excluding carboxylic acids is 3. The molecule has 48 heavy (non-hydrogen) atoms. The Morgan fingerprint density at radius 3 is 2.27 bits per heavy atom. The maximum atomic E-state index is 14.2. The number of benzene rings is 2. The van der Waals surface area contributed by atoms with Gasteiger partial charge < -0.3 is 50.2 Å². The Balaban J connectivity index is 1.69. The molecule has 0 aliphatic heterocycles. The van der Waals surface area contributed by atoms with Gasteiger partial charge in [0.1, 0.15) is 28.6 Å². The van der Waals surface area contributed by atoms with Crippen molar-refractivity contribution in [2.75, 3.05) is 44.6 Å². The van der Waals surface area contributed by atoms with E-state index in [2.05, 4.69) is 5.32 Å². The summed E-state index contributed by atoms with van der Waals surface area (Å²) < 4.78 is 30.9. The molecular formula is C33H40N3O11P. The number of hydrogen-bond donors (Lipinski definition) is 6. The highest BCUT2D eigenvalue weighted by atomic mass is 31.2. The van der Waals surface area contributed by atoms with Gasteiger partial charge in [-0.3, -0.25) is 18.9 Å². The summed E-state index contributed by atoms with van der Waals surface area (Å²) in [6.07, 6.45) is -0.293. The zero-order valence-electron chi connectivity index (χ0n) is 27.3. The highest BCUT2D eigenvalue weighted by Gasteiger charge is 2.60. The predicted molar refractivity (Wildman–Crippen MR) is 176 cm³/mol. The number of aliphatic hydroxyl groups excluding tert-OH is 2. The molecule has 3 aliphatic rings. The van der Waals surface area contributed by atoms with Crippen LogP contribution in [0.3, 0.4) is 0 Å². The first-order valence-corrected chi connectivity index (χ1v) is 17.1. The van der Waals surface area contributed by atoms with Crippen molar-refractivity contribution in [2.45, 2.75) is 44.5 Å². The molecule has 4 atom stereocenters. The Morgan fingerprint density at radius 1 is 1.10 bits per heavy atom. The monoisotopic (exact) mass is 685 g/mol. The van der Waals surface area contributed by atoms with E-state index in [4.69, 9.17) is 19.5 Å². The highest BCUT2D eigenvalue weighted by Crippen LogP contribution is 2.62. The van der Waals surface area contributed by atoms with E-state index in [0.29, 0.717) is 22.6 Å². The van der Waals surface area contributed by atoms with Crippen LogP contribution in [-0.2, 0) is 34.4 Å². The van der Waals surface area contributed by atoms with E-state index < -0.39 is 77.6 Å². The average Bonchev–Trinajstić information content (AvgIpc) is 3.02. The van der Waals surface area contributed by atoms with Gasteiger partial charge in [-0.05, 0) is 61.9 Å². The molecule has 0 aromatic heterocycles. The Morgan fingerprint density at radius 2 is 1.73 bits per heavy atom. The number of hydrogen-bond acceptors (Lipinski definition) is 13. The van der Waals surface area contributed by atoms with Gasteiger partial charge in [0.05, 0.1) is 31.6 Å². The summed E-state index contributed by atoms with van der Waals surface area (Å²) in [4.78, 5) is 40.4. The van der Waals surface area contributed by atoms with E-state index in [0.717, 1.165) is 0 Å². The maximum Gasteiger partial charge on any atom is 0.357 e. The molecule has 1 fully saturated rings. The summed E-state index contributed by atoms with van der Waals surface area (Å²) >= 11 is 0. The lowest BCUT2D eigenvalue weighted by molar-refractivity contribution is -0.147. The van der Waals surface area contributed by atoms with Gasteiger partial charge in [0, 0.05) is 37.7 Å². The van der Waals surface area contributed by atoms with Crippen LogP contribution < -0.4 is 20.7 Å². The van der Waals surface area contributed by atoms with Gasteiger partial charge in [-0.25, -0.2) is 0 Å². The zero-order valence-corrected chi connectivity index (χ0v) is 28.2. The minimum absolute atomic E-state index is 0.00197. The topological polar surface area (TPSA) is 218 Å². The van der Waals surface area contributed by atoms with Crippen molar-refractivity contribution in [2.24, 2.45) is 17.6 Å². The van der Waals surface area contributed by atoms with Crippen LogP contribution in [0.15, 0.2) is 47.2 Å². The van der Waals surface area contributed by atoms with Crippen LogP contribution in [0.25, 0.3) is 5.76 Å². The SMILES string of the molecule is CCOP(=O)(OCC)C(Nc1cc(N(C)C)c2c(c1O)C(O)=C1C(=O)C3(O)C(O)=C(C(N)=O)C(=O)CC3CC1C2)c1ccc(OC)cc1. The Kier molecular flexibility index (Phi) is 9.41. The van der Waals surface area contributed by atoms with Gasteiger partial charge in [0.25, 0.3) is 5.91 Å². The number of carbonyl (C=O) groups is 3. The lowest BCUT2D eigenvalue weighted by atomic mass is 9.59. The first-order valence-electron chi connectivity index (χ1n) is 15.5. The normalized spacial score (nSPS) is 22.9. The third kappa shape index (κ3) is 5.52. The van der Waals surface area contributed by atoms with E-state index in [1.165, 1.54) is 7.11 Å². The number of nitrogens with two attached hydrogens (primary N) is 1. The molecule has 15 heteroatoms. The third-order valence-corrected chi connectivity index (χ3v) is 11.5. The van der Waals surface area contributed by atoms with Gasteiger partial charge in [-0.15, -0.1) is 0 Å². The molecule has 2 aromatic carbocycles. The van der Waals surface area contributed by atoms with Crippen molar-refractivity contribution in [3.8, 4) is 11.5 Å². The smallest absolute Gasteiger partial charge is 0.357 e. The fraction of sp³-hybridized carbons (Fsp3) is 0.424. The number of ether oxygens (including phenoxy) is 1. The number of anilines is 2. The van der Waals surface area contributed by atoms with Crippen molar-refractivity contribution in [3.63, 3.8) is 0 Å². The molecule has 0 saturated heterocycles. The van der Waals surface area contributed by atoms with Crippen LogP contribution in [0, 0.1) is 11.8 Å². The molecule has 14 nitrogen and oxygen atoms in total. The number of Topliss-reactive ketones (excluding diaryl/α,β-unsaturated/α-hetero) is 2. The van der Waals surface area contributed by atoms with Crippen LogP contribution in [0.2, 0.25) is 0 Å². The number of aliphatic hydroxyl groups is 3. The number of nitrogens with zero attached hydrogens (tertiary/aromatic N) is 1. The number of ketones is 2. The Bertz CT molecular complexity index is 1780. The summed E-state index contributed by atoms with van der Waals surface area (Å²) in [7, 11) is 1.04. The van der Waals surface area contributed by atoms with Gasteiger partial charge in [-0.1, -0.05) is 12.1 Å². The summed E-state index contributed by atoms with van der Waals surface area (Å²) in [5.74, 6) is -7.87. The number of phenolic OH excluding ortho intramolecular Hbond substituents is 1. The van der Waals surface area contributed by atoms with E-state index in [1.54, 1.807) is 63.2 Å². The van der Waals surface area contributed by atoms with Crippen molar-refractivity contribution < 1.29 is 53.2 Å².